The largest absolute Gasteiger partial charge is 0.384 e. The second-order valence-electron chi connectivity index (χ2n) is 5.65. The average molecular weight is 316 g/mol. The van der Waals surface area contributed by atoms with E-state index < -0.39 is 0 Å². The maximum atomic E-state index is 11.9. The molecule has 2 rings (SSSR count). The van der Waals surface area contributed by atoms with Gasteiger partial charge in [-0.05, 0) is 24.5 Å². The molecule has 0 atom stereocenters. The minimum atomic E-state index is -0.0852. The van der Waals surface area contributed by atoms with Gasteiger partial charge in [0, 0.05) is 32.3 Å². The van der Waals surface area contributed by atoms with Gasteiger partial charge in [0.25, 0.3) is 0 Å². The Kier molecular flexibility index (Phi) is 6.81. The molecule has 0 saturated carbocycles. The van der Waals surface area contributed by atoms with Gasteiger partial charge in [-0.1, -0.05) is 30.3 Å². The van der Waals surface area contributed by atoms with E-state index in [9.17, 15) is 9.59 Å². The molecule has 5 heteroatoms. The van der Waals surface area contributed by atoms with E-state index in [2.05, 4.69) is 5.32 Å². The first-order valence-corrected chi connectivity index (χ1v) is 7.99. The van der Waals surface area contributed by atoms with Gasteiger partial charge in [0.05, 0.1) is 13.0 Å². The first-order valence-electron chi connectivity index (χ1n) is 7.99. The third kappa shape index (κ3) is 5.87. The molecule has 124 valence electrons. The fourth-order valence-electron chi connectivity index (χ4n) is 2.61. The van der Waals surface area contributed by atoms with Crippen LogP contribution < -0.4 is 5.32 Å². The van der Waals surface area contributed by atoms with E-state index in [0.29, 0.717) is 26.1 Å². The number of ether oxygens (including phenoxy) is 1. The van der Waals surface area contributed by atoms with Crippen LogP contribution in [0.5, 0.6) is 0 Å². The molecule has 1 aliphatic heterocycles. The number of methoxy groups -OCH3 is 1. The third-order valence-electron chi connectivity index (χ3n) is 3.94. The Balaban J connectivity index is 1.72. The monoisotopic (exact) mass is 316 g/mol. The fourth-order valence-corrected chi connectivity index (χ4v) is 2.61. The predicted octanol–water partition coefficient (Wildman–Crippen LogP) is 1.84. The number of likely N-dealkylation sites (tertiary alicyclic amines) is 1. The molecule has 1 saturated heterocycles. The van der Waals surface area contributed by atoms with Crippen LogP contribution in [0.25, 0.3) is 6.08 Å². The summed E-state index contributed by atoms with van der Waals surface area (Å²) in [6.45, 7) is 1.84. The normalized spacial score (nSPS) is 15.8. The number of amides is 2. The van der Waals surface area contributed by atoms with Crippen LogP contribution in [0.2, 0.25) is 0 Å². The maximum absolute atomic E-state index is 11.9. The Hall–Kier alpha value is -2.14. The maximum Gasteiger partial charge on any atom is 0.244 e. The number of nitrogens with zero attached hydrogens (tertiary/aromatic N) is 1. The van der Waals surface area contributed by atoms with Crippen LogP contribution in [0.4, 0.5) is 0 Å². The Morgan fingerprint density at radius 2 is 1.96 bits per heavy atom. The van der Waals surface area contributed by atoms with Gasteiger partial charge < -0.3 is 15.0 Å². The summed E-state index contributed by atoms with van der Waals surface area (Å²) in [6.07, 6.45) is 5.38. The number of nitrogens with one attached hydrogen (secondary N) is 1. The molecular weight excluding hydrogens is 292 g/mol. The minimum Gasteiger partial charge on any atom is -0.384 e. The summed E-state index contributed by atoms with van der Waals surface area (Å²) < 4.78 is 4.93. The lowest BCUT2D eigenvalue weighted by molar-refractivity contribution is -0.133. The summed E-state index contributed by atoms with van der Waals surface area (Å²) in [6, 6.07) is 9.86. The van der Waals surface area contributed by atoms with Gasteiger partial charge in [-0.15, -0.1) is 0 Å². The molecule has 1 aliphatic rings. The number of carbonyl (C=O) groups is 2. The van der Waals surface area contributed by atoms with Gasteiger partial charge in [-0.25, -0.2) is 0 Å². The average Bonchev–Trinajstić information content (AvgIpc) is 2.59. The van der Waals surface area contributed by atoms with Gasteiger partial charge in [-0.2, -0.15) is 0 Å². The number of hydrogen-bond acceptors (Lipinski definition) is 3. The molecular formula is C18H24N2O3. The number of carbonyl (C=O) groups excluding carboxylic acids is 2. The first-order chi connectivity index (χ1) is 11.2. The standard InChI is InChI=1S/C18H24N2O3/c1-23-14-11-18(22)20-12-9-16(10-13-20)19-17(21)8-7-15-5-3-2-4-6-15/h2-8,16H,9-14H2,1H3,(H,19,21)/b8-7+. The molecule has 23 heavy (non-hydrogen) atoms. The molecule has 1 fully saturated rings. The highest BCUT2D eigenvalue weighted by Gasteiger charge is 2.22. The second kappa shape index (κ2) is 9.10. The topological polar surface area (TPSA) is 58.6 Å². The number of rotatable bonds is 6. The van der Waals surface area contributed by atoms with Gasteiger partial charge in [-0.3, -0.25) is 9.59 Å². The summed E-state index contributed by atoms with van der Waals surface area (Å²) in [5.41, 5.74) is 1.00. The highest BCUT2D eigenvalue weighted by atomic mass is 16.5. The molecule has 0 radical (unpaired) electrons. The molecule has 0 unspecified atom stereocenters. The molecule has 0 aromatic heterocycles. The summed E-state index contributed by atoms with van der Waals surface area (Å²) in [5, 5.41) is 3.00. The predicted molar refractivity (Wildman–Crippen MR) is 89.7 cm³/mol. The Morgan fingerprint density at radius 1 is 1.26 bits per heavy atom. The summed E-state index contributed by atoms with van der Waals surface area (Å²) in [4.78, 5) is 25.7. The molecule has 1 aromatic rings. The number of hydrogen-bond donors (Lipinski definition) is 1. The first kappa shape index (κ1) is 17.2. The smallest absolute Gasteiger partial charge is 0.244 e. The zero-order valence-corrected chi connectivity index (χ0v) is 13.5. The molecule has 1 N–H and O–H groups in total. The zero-order chi connectivity index (χ0) is 16.5. The van der Waals surface area contributed by atoms with E-state index in [-0.39, 0.29) is 17.9 Å². The Morgan fingerprint density at radius 3 is 2.61 bits per heavy atom. The van der Waals surface area contributed by atoms with Crippen LogP contribution in [0.1, 0.15) is 24.8 Å². The van der Waals surface area contributed by atoms with Gasteiger partial charge in [0.1, 0.15) is 0 Å². The van der Waals surface area contributed by atoms with Gasteiger partial charge in [0.2, 0.25) is 11.8 Å². The number of piperidine rings is 1. The van der Waals surface area contributed by atoms with Crippen LogP contribution in [0.15, 0.2) is 36.4 Å². The minimum absolute atomic E-state index is 0.0852. The van der Waals surface area contributed by atoms with Crippen LogP contribution in [0.3, 0.4) is 0 Å². The van der Waals surface area contributed by atoms with Crippen LogP contribution in [-0.4, -0.2) is 49.6 Å². The fraction of sp³-hybridized carbons (Fsp3) is 0.444. The molecule has 1 aromatic carbocycles. The Bertz CT molecular complexity index is 534. The van der Waals surface area contributed by atoms with Gasteiger partial charge in [0.15, 0.2) is 0 Å². The summed E-state index contributed by atoms with van der Waals surface area (Å²) in [5.74, 6) is 0.0404. The highest BCUT2D eigenvalue weighted by molar-refractivity contribution is 5.91. The van der Waals surface area contributed by atoms with Crippen LogP contribution >= 0.6 is 0 Å². The van der Waals surface area contributed by atoms with E-state index in [4.69, 9.17) is 4.74 Å². The van der Waals surface area contributed by atoms with E-state index in [1.807, 2.05) is 35.2 Å². The molecule has 1 heterocycles. The van der Waals surface area contributed by atoms with Crippen molar-refractivity contribution in [3.63, 3.8) is 0 Å². The third-order valence-corrected chi connectivity index (χ3v) is 3.94. The van der Waals surface area contributed by atoms with E-state index in [1.165, 1.54) is 0 Å². The quantitative estimate of drug-likeness (QED) is 0.815. The Labute approximate surface area is 137 Å². The summed E-state index contributed by atoms with van der Waals surface area (Å²) in [7, 11) is 1.60. The number of benzene rings is 1. The lowest BCUT2D eigenvalue weighted by atomic mass is 10.0. The molecule has 0 spiro atoms. The lowest BCUT2D eigenvalue weighted by Gasteiger charge is -2.32. The van der Waals surface area contributed by atoms with Crippen molar-refractivity contribution in [3.8, 4) is 0 Å². The van der Waals surface area contributed by atoms with E-state index in [1.54, 1.807) is 19.3 Å². The van der Waals surface area contributed by atoms with Crippen LogP contribution in [-0.2, 0) is 14.3 Å². The van der Waals surface area contributed by atoms with Crippen molar-refractivity contribution in [2.75, 3.05) is 26.8 Å². The lowest BCUT2D eigenvalue weighted by Crippen LogP contribution is -2.46. The van der Waals surface area contributed by atoms with E-state index >= 15 is 0 Å². The summed E-state index contributed by atoms with van der Waals surface area (Å²) >= 11 is 0. The molecule has 0 aliphatic carbocycles. The van der Waals surface area contributed by atoms with Crippen molar-refractivity contribution in [3.05, 3.63) is 42.0 Å². The zero-order valence-electron chi connectivity index (χ0n) is 13.5. The SMILES string of the molecule is COCCC(=O)N1CCC(NC(=O)/C=C/c2ccccc2)CC1. The highest BCUT2D eigenvalue weighted by Crippen LogP contribution is 2.11. The molecule has 5 nitrogen and oxygen atoms in total. The van der Waals surface area contributed by atoms with Crippen LogP contribution in [0, 0.1) is 0 Å². The van der Waals surface area contributed by atoms with Crippen molar-refractivity contribution >= 4 is 17.9 Å². The van der Waals surface area contributed by atoms with E-state index in [0.717, 1.165) is 18.4 Å². The molecule has 2 amide bonds. The van der Waals surface area contributed by atoms with Crippen molar-refractivity contribution in [1.82, 2.24) is 10.2 Å². The molecule has 0 bridgehead atoms. The van der Waals surface area contributed by atoms with Crippen molar-refractivity contribution in [2.24, 2.45) is 0 Å². The van der Waals surface area contributed by atoms with Crippen molar-refractivity contribution in [2.45, 2.75) is 25.3 Å². The van der Waals surface area contributed by atoms with Gasteiger partial charge >= 0.3 is 0 Å². The van der Waals surface area contributed by atoms with Crippen molar-refractivity contribution in [1.29, 1.82) is 0 Å². The van der Waals surface area contributed by atoms with Crippen molar-refractivity contribution < 1.29 is 14.3 Å². The second-order valence-corrected chi connectivity index (χ2v) is 5.65.